The number of rotatable bonds is 13. The molecule has 4 aliphatic heterocycles. The number of cyclic esters (lactones) is 1. The molecule has 18 heteroatoms. The molecule has 64 heavy (non-hydrogen) atoms. The first kappa shape index (κ1) is 54.6. The summed E-state index contributed by atoms with van der Waals surface area (Å²) in [6, 6.07) is -0.728. The fourth-order valence-corrected chi connectivity index (χ4v) is 9.60. The van der Waals surface area contributed by atoms with E-state index >= 15 is 0 Å². The van der Waals surface area contributed by atoms with Gasteiger partial charge in [-0.15, -0.1) is 0 Å². The van der Waals surface area contributed by atoms with Gasteiger partial charge in [-0.2, -0.15) is 0 Å². The lowest BCUT2D eigenvalue weighted by Gasteiger charge is -2.50. The number of carbonyl (C=O) groups is 2. The Morgan fingerprint density at radius 1 is 0.844 bits per heavy atom. The van der Waals surface area contributed by atoms with Crippen molar-refractivity contribution in [3.05, 3.63) is 23.8 Å². The SMILES string of the molecule is CC[C@H]1OC(=O)C[C@@H](O)[C@H](C)[C@@H](O[C@@H]2O[C@H](C)[C@@H](O[C@H]3C[C@@](C)(O)[C@@H](O)[C@H](C)O3)[C@H](N(C)C)[C@H]2O)C(CCO)C[C@@H](C)C(=O)/C=C/C(C)=C/[C@@H]1CO[C@@H]1O[C@H](C)[C@@H](O)[C@@H](OC)[C@H]1OC. The van der Waals surface area contributed by atoms with Gasteiger partial charge in [-0.05, 0) is 80.0 Å². The molecule has 370 valence electrons. The maximum atomic E-state index is 13.8. The van der Waals surface area contributed by atoms with Crippen molar-refractivity contribution in [3.8, 4) is 0 Å². The second-order valence-corrected chi connectivity index (χ2v) is 18.9. The van der Waals surface area contributed by atoms with Crippen LogP contribution in [0.2, 0.25) is 0 Å². The van der Waals surface area contributed by atoms with Crippen LogP contribution in [0, 0.1) is 23.7 Å². The van der Waals surface area contributed by atoms with Crippen molar-refractivity contribution in [2.24, 2.45) is 23.7 Å². The third-order valence-corrected chi connectivity index (χ3v) is 13.5. The van der Waals surface area contributed by atoms with Gasteiger partial charge in [0.1, 0.15) is 42.7 Å². The zero-order valence-corrected chi connectivity index (χ0v) is 39.9. The predicted molar refractivity (Wildman–Crippen MR) is 231 cm³/mol. The van der Waals surface area contributed by atoms with Crippen LogP contribution < -0.4 is 0 Å². The van der Waals surface area contributed by atoms with Crippen molar-refractivity contribution in [3.63, 3.8) is 0 Å². The van der Waals surface area contributed by atoms with E-state index in [0.717, 1.165) is 0 Å². The minimum atomic E-state index is -1.48. The van der Waals surface area contributed by atoms with Crippen LogP contribution in [0.25, 0.3) is 0 Å². The number of likely N-dealkylation sites (N-methyl/N-ethyl adjacent to an activating group) is 1. The largest absolute Gasteiger partial charge is 0.462 e. The molecule has 0 aliphatic carbocycles. The fourth-order valence-electron chi connectivity index (χ4n) is 9.60. The first-order chi connectivity index (χ1) is 30.1. The number of ketones is 1. The standard InChI is InChI=1S/C46H79NO17/c1-13-33-30(22-58-45-42(57-12)41(56-11)37(52)26(5)60-45)18-23(2)14-15-31(49)24(3)19-29(16-17-48)39(25(4)32(50)20-34(51)62-33)64-44-38(53)36(47(9)10)40(27(6)61-44)63-35-21-46(8,55)43(54)28(7)59-35/h14-15,18,24-30,32-33,35-45,48,50,52-55H,13,16-17,19-22H2,1-12H3/b15-14+,23-18+/t24-,25+,26-,27-,28+,29?,30-,32-,33-,35+,36-,37-,38-,39-,40-,41-,42-,43+,44+,45-,46-/m1/s1. The number of methoxy groups -OCH3 is 2. The van der Waals surface area contributed by atoms with Crippen LogP contribution in [-0.4, -0.2) is 193 Å². The van der Waals surface area contributed by atoms with Crippen LogP contribution in [0.15, 0.2) is 23.8 Å². The molecule has 0 aromatic heterocycles. The van der Waals surface area contributed by atoms with Gasteiger partial charge >= 0.3 is 5.97 Å². The summed E-state index contributed by atoms with van der Waals surface area (Å²) in [7, 11) is 6.47. The van der Waals surface area contributed by atoms with E-state index in [0.29, 0.717) is 12.0 Å². The normalized spacial score (nSPS) is 46.0. The van der Waals surface area contributed by atoms with Crippen molar-refractivity contribution < 1.29 is 82.9 Å². The van der Waals surface area contributed by atoms with Crippen LogP contribution in [0.3, 0.4) is 0 Å². The molecule has 3 saturated heterocycles. The number of aliphatic hydroxyl groups is 6. The highest BCUT2D eigenvalue weighted by atomic mass is 16.7. The summed E-state index contributed by atoms with van der Waals surface area (Å²) in [6.45, 7) is 13.5. The Labute approximate surface area is 379 Å². The van der Waals surface area contributed by atoms with Gasteiger partial charge in [0.25, 0.3) is 0 Å². The van der Waals surface area contributed by atoms with Crippen LogP contribution in [0.5, 0.6) is 0 Å². The topological polar surface area (TPSA) is 242 Å². The Morgan fingerprint density at radius 2 is 1.50 bits per heavy atom. The lowest BCUT2D eigenvalue weighted by atomic mass is 9.79. The summed E-state index contributed by atoms with van der Waals surface area (Å²) in [6.07, 6.45) is -8.52. The average molecular weight is 918 g/mol. The average Bonchev–Trinajstić information content (AvgIpc) is 3.23. The molecule has 0 radical (unpaired) electrons. The molecular formula is C46H79NO17. The van der Waals surface area contributed by atoms with E-state index in [2.05, 4.69) is 0 Å². The monoisotopic (exact) mass is 918 g/mol. The van der Waals surface area contributed by atoms with E-state index in [9.17, 15) is 40.2 Å². The molecule has 0 bridgehead atoms. The van der Waals surface area contributed by atoms with Crippen molar-refractivity contribution in [2.75, 3.05) is 41.5 Å². The number of carbonyl (C=O) groups excluding carboxylic acids is 2. The second-order valence-electron chi connectivity index (χ2n) is 18.9. The van der Waals surface area contributed by atoms with Gasteiger partial charge in [0, 0.05) is 45.0 Å². The summed E-state index contributed by atoms with van der Waals surface area (Å²) in [4.78, 5) is 29.3. The Morgan fingerprint density at radius 3 is 2.09 bits per heavy atom. The molecule has 0 aromatic rings. The Hall–Kier alpha value is -1.98. The van der Waals surface area contributed by atoms with Crippen molar-refractivity contribution in [1.29, 1.82) is 0 Å². The van der Waals surface area contributed by atoms with Gasteiger partial charge in [-0.1, -0.05) is 38.5 Å². The maximum Gasteiger partial charge on any atom is 0.308 e. The smallest absolute Gasteiger partial charge is 0.308 e. The first-order valence-electron chi connectivity index (χ1n) is 22.8. The van der Waals surface area contributed by atoms with E-state index in [1.165, 1.54) is 27.2 Å². The molecule has 0 amide bonds. The van der Waals surface area contributed by atoms with E-state index in [-0.39, 0.29) is 38.3 Å². The molecule has 0 saturated carbocycles. The van der Waals surface area contributed by atoms with Gasteiger partial charge in [-0.25, -0.2) is 0 Å². The number of esters is 1. The molecule has 3 fully saturated rings. The van der Waals surface area contributed by atoms with E-state index in [4.69, 9.17) is 42.6 Å². The van der Waals surface area contributed by atoms with Gasteiger partial charge in [0.05, 0.1) is 55.2 Å². The summed E-state index contributed by atoms with van der Waals surface area (Å²) in [5.74, 6) is -3.31. The predicted octanol–water partition coefficient (Wildman–Crippen LogP) is 1.63. The number of hydrogen-bond donors (Lipinski definition) is 6. The molecule has 6 N–H and O–H groups in total. The van der Waals surface area contributed by atoms with Crippen LogP contribution >= 0.6 is 0 Å². The number of aliphatic hydroxyl groups excluding tert-OH is 5. The van der Waals surface area contributed by atoms with E-state index in [1.807, 2.05) is 19.9 Å². The maximum absolute atomic E-state index is 13.8. The van der Waals surface area contributed by atoms with Gasteiger partial charge in [-0.3, -0.25) is 9.59 Å². The Balaban J connectivity index is 1.62. The second kappa shape index (κ2) is 24.3. The fraction of sp³-hybridized carbons (Fsp3) is 0.870. The minimum Gasteiger partial charge on any atom is -0.462 e. The van der Waals surface area contributed by atoms with E-state index in [1.54, 1.807) is 59.7 Å². The van der Waals surface area contributed by atoms with Crippen LogP contribution in [-0.2, 0) is 52.2 Å². The summed E-state index contributed by atoms with van der Waals surface area (Å²) in [5, 5.41) is 66.2. The highest BCUT2D eigenvalue weighted by Gasteiger charge is 2.52. The lowest BCUT2D eigenvalue weighted by Crippen LogP contribution is -2.65. The molecule has 4 rings (SSSR count). The number of ether oxygens (including phenoxy) is 9. The summed E-state index contributed by atoms with van der Waals surface area (Å²) < 4.78 is 54.8. The molecular weight excluding hydrogens is 838 g/mol. The van der Waals surface area contributed by atoms with Crippen molar-refractivity contribution in [2.45, 2.75) is 191 Å². The van der Waals surface area contributed by atoms with Gasteiger partial charge in [0.2, 0.25) is 0 Å². The number of allylic oxidation sites excluding steroid dienone is 3. The van der Waals surface area contributed by atoms with Crippen LogP contribution in [0.1, 0.15) is 87.5 Å². The third-order valence-electron chi connectivity index (χ3n) is 13.5. The Kier molecular flexibility index (Phi) is 20.8. The third kappa shape index (κ3) is 13.6. The highest BCUT2D eigenvalue weighted by molar-refractivity contribution is 5.91. The lowest BCUT2D eigenvalue weighted by molar-refractivity contribution is -0.342. The molecule has 18 nitrogen and oxygen atoms in total. The van der Waals surface area contributed by atoms with E-state index < -0.39 is 140 Å². The Bertz CT molecular complexity index is 1530. The molecule has 1 unspecified atom stereocenters. The van der Waals surface area contributed by atoms with Crippen molar-refractivity contribution >= 4 is 11.8 Å². The highest BCUT2D eigenvalue weighted by Crippen LogP contribution is 2.38. The number of nitrogens with zero attached hydrogens (tertiary/aromatic N) is 1. The zero-order chi connectivity index (χ0) is 47.8. The van der Waals surface area contributed by atoms with Crippen LogP contribution in [0.4, 0.5) is 0 Å². The number of hydrogen-bond acceptors (Lipinski definition) is 18. The summed E-state index contributed by atoms with van der Waals surface area (Å²) in [5.41, 5.74) is -0.782. The van der Waals surface area contributed by atoms with Crippen molar-refractivity contribution in [1.82, 2.24) is 4.90 Å². The minimum absolute atomic E-state index is 0.00151. The quantitative estimate of drug-likeness (QED) is 0.144. The zero-order valence-electron chi connectivity index (χ0n) is 39.9. The molecule has 0 aromatic carbocycles. The molecule has 4 aliphatic rings. The first-order valence-corrected chi connectivity index (χ1v) is 22.8. The molecule has 0 spiro atoms. The van der Waals surface area contributed by atoms with Gasteiger partial charge in [0.15, 0.2) is 24.7 Å². The summed E-state index contributed by atoms with van der Waals surface area (Å²) >= 11 is 0. The molecule has 21 atom stereocenters. The molecule has 4 heterocycles. The van der Waals surface area contributed by atoms with Gasteiger partial charge < -0.3 is 78.2 Å².